The van der Waals surface area contributed by atoms with Crippen LogP contribution in [0, 0.1) is 13.8 Å². The van der Waals surface area contributed by atoms with Crippen LogP contribution in [0.2, 0.25) is 0 Å². The van der Waals surface area contributed by atoms with E-state index in [9.17, 15) is 4.79 Å². The van der Waals surface area contributed by atoms with Crippen molar-refractivity contribution >= 4 is 12.0 Å². The molecular weight excluding hydrogens is 242 g/mol. The van der Waals surface area contributed by atoms with E-state index in [1.54, 1.807) is 6.08 Å². The largest absolute Gasteiger partial charge is 0.478 e. The van der Waals surface area contributed by atoms with Crippen molar-refractivity contribution in [1.82, 2.24) is 14.8 Å². The van der Waals surface area contributed by atoms with Gasteiger partial charge in [0.2, 0.25) is 0 Å². The number of aryl methyl sites for hydroxylation is 2. The van der Waals surface area contributed by atoms with Crippen LogP contribution in [0.25, 0.3) is 6.08 Å². The minimum atomic E-state index is -0.946. The van der Waals surface area contributed by atoms with Gasteiger partial charge in [-0.2, -0.15) is 5.10 Å². The smallest absolute Gasteiger partial charge is 0.328 e. The molecule has 0 saturated carbocycles. The standard InChI is InChI=1S/C14H15N3O2/c1-10-15-11(2)17(16-10)9-13-5-3-12(4-6-13)7-8-14(18)19/h3-8H,9H2,1-2H3,(H,18,19). The molecule has 0 aliphatic carbocycles. The molecule has 0 amide bonds. The van der Waals surface area contributed by atoms with Gasteiger partial charge < -0.3 is 5.11 Å². The van der Waals surface area contributed by atoms with E-state index < -0.39 is 5.97 Å². The highest BCUT2D eigenvalue weighted by Crippen LogP contribution is 2.08. The van der Waals surface area contributed by atoms with Crippen LogP contribution in [0.1, 0.15) is 22.8 Å². The highest BCUT2D eigenvalue weighted by molar-refractivity contribution is 5.85. The molecule has 98 valence electrons. The number of carbonyl (C=O) groups is 1. The van der Waals surface area contributed by atoms with Crippen LogP contribution in [0.3, 0.4) is 0 Å². The molecule has 0 saturated heterocycles. The molecule has 0 atom stereocenters. The third kappa shape index (κ3) is 3.51. The number of aromatic nitrogens is 3. The van der Waals surface area contributed by atoms with Crippen molar-refractivity contribution < 1.29 is 9.90 Å². The Morgan fingerprint density at radius 1 is 1.32 bits per heavy atom. The minimum absolute atomic E-state index is 0.662. The topological polar surface area (TPSA) is 68.0 Å². The Balaban J connectivity index is 2.10. The van der Waals surface area contributed by atoms with Crippen molar-refractivity contribution in [3.63, 3.8) is 0 Å². The Bertz CT molecular complexity index is 612. The van der Waals surface area contributed by atoms with Gasteiger partial charge in [0.15, 0.2) is 0 Å². The fraction of sp³-hybridized carbons (Fsp3) is 0.214. The molecule has 0 fully saturated rings. The molecule has 0 aliphatic rings. The predicted octanol–water partition coefficient (Wildman–Crippen LogP) is 2.04. The SMILES string of the molecule is Cc1nc(C)n(Cc2ccc(C=CC(=O)O)cc2)n1. The Labute approximate surface area is 111 Å². The van der Waals surface area contributed by atoms with Crippen LogP contribution in [-0.4, -0.2) is 25.8 Å². The second-order valence-electron chi connectivity index (χ2n) is 4.28. The molecule has 2 aromatic rings. The summed E-state index contributed by atoms with van der Waals surface area (Å²) < 4.78 is 1.84. The third-order valence-electron chi connectivity index (χ3n) is 2.69. The van der Waals surface area contributed by atoms with E-state index in [0.29, 0.717) is 6.54 Å². The van der Waals surface area contributed by atoms with Gasteiger partial charge in [0.05, 0.1) is 6.54 Å². The van der Waals surface area contributed by atoms with E-state index in [0.717, 1.165) is 28.9 Å². The van der Waals surface area contributed by atoms with Crippen molar-refractivity contribution in [3.05, 3.63) is 53.1 Å². The quantitative estimate of drug-likeness (QED) is 0.851. The summed E-state index contributed by atoms with van der Waals surface area (Å²) in [5, 5.41) is 12.9. The predicted molar refractivity (Wildman–Crippen MR) is 71.7 cm³/mol. The van der Waals surface area contributed by atoms with Crippen molar-refractivity contribution in [2.45, 2.75) is 20.4 Å². The van der Waals surface area contributed by atoms with Gasteiger partial charge in [-0.1, -0.05) is 24.3 Å². The summed E-state index contributed by atoms with van der Waals surface area (Å²) in [6, 6.07) is 7.68. The highest BCUT2D eigenvalue weighted by Gasteiger charge is 2.03. The van der Waals surface area contributed by atoms with Gasteiger partial charge in [-0.05, 0) is 31.1 Å². The lowest BCUT2D eigenvalue weighted by Gasteiger charge is -2.03. The van der Waals surface area contributed by atoms with Crippen molar-refractivity contribution in [2.75, 3.05) is 0 Å². The lowest BCUT2D eigenvalue weighted by Crippen LogP contribution is -2.04. The number of hydrogen-bond donors (Lipinski definition) is 1. The average Bonchev–Trinajstić information content (AvgIpc) is 2.67. The summed E-state index contributed by atoms with van der Waals surface area (Å²) in [6.45, 7) is 4.45. The molecule has 2 rings (SSSR count). The van der Waals surface area contributed by atoms with E-state index in [1.165, 1.54) is 0 Å². The van der Waals surface area contributed by atoms with Gasteiger partial charge in [-0.3, -0.25) is 0 Å². The second-order valence-corrected chi connectivity index (χ2v) is 4.28. The maximum atomic E-state index is 10.4. The number of carboxylic acids is 1. The fourth-order valence-electron chi connectivity index (χ4n) is 1.79. The average molecular weight is 257 g/mol. The van der Waals surface area contributed by atoms with Crippen LogP contribution in [0.15, 0.2) is 30.3 Å². The van der Waals surface area contributed by atoms with E-state index in [4.69, 9.17) is 5.11 Å². The zero-order chi connectivity index (χ0) is 13.8. The molecule has 19 heavy (non-hydrogen) atoms. The second kappa shape index (κ2) is 5.48. The monoisotopic (exact) mass is 257 g/mol. The lowest BCUT2D eigenvalue weighted by atomic mass is 10.1. The first-order chi connectivity index (χ1) is 9.04. The van der Waals surface area contributed by atoms with Crippen molar-refractivity contribution in [1.29, 1.82) is 0 Å². The molecule has 0 spiro atoms. The van der Waals surface area contributed by atoms with E-state index >= 15 is 0 Å². The molecule has 1 N–H and O–H groups in total. The first-order valence-corrected chi connectivity index (χ1v) is 5.92. The van der Waals surface area contributed by atoms with E-state index in [2.05, 4.69) is 10.1 Å². The van der Waals surface area contributed by atoms with Crippen LogP contribution < -0.4 is 0 Å². The molecule has 1 aromatic heterocycles. The maximum absolute atomic E-state index is 10.4. The zero-order valence-electron chi connectivity index (χ0n) is 10.9. The Morgan fingerprint density at radius 2 is 2.00 bits per heavy atom. The first-order valence-electron chi connectivity index (χ1n) is 5.92. The fourth-order valence-corrected chi connectivity index (χ4v) is 1.79. The Kier molecular flexibility index (Phi) is 3.75. The van der Waals surface area contributed by atoms with Crippen LogP contribution in [-0.2, 0) is 11.3 Å². The molecule has 1 heterocycles. The molecule has 0 unspecified atom stereocenters. The number of nitrogens with zero attached hydrogens (tertiary/aromatic N) is 3. The number of carboxylic acid groups (broad SMARTS) is 1. The summed E-state index contributed by atoms with van der Waals surface area (Å²) in [5.41, 5.74) is 1.96. The normalized spacial score (nSPS) is 11.1. The number of hydrogen-bond acceptors (Lipinski definition) is 3. The Morgan fingerprint density at radius 3 is 2.53 bits per heavy atom. The summed E-state index contributed by atoms with van der Waals surface area (Å²) >= 11 is 0. The van der Waals surface area contributed by atoms with Gasteiger partial charge in [0.25, 0.3) is 0 Å². The van der Waals surface area contributed by atoms with Crippen LogP contribution in [0.5, 0.6) is 0 Å². The molecule has 5 heteroatoms. The number of aliphatic carboxylic acids is 1. The van der Waals surface area contributed by atoms with E-state index in [-0.39, 0.29) is 0 Å². The summed E-state index contributed by atoms with van der Waals surface area (Å²) in [6.07, 6.45) is 2.69. The van der Waals surface area contributed by atoms with Gasteiger partial charge in [-0.15, -0.1) is 0 Å². The first kappa shape index (κ1) is 13.0. The summed E-state index contributed by atoms with van der Waals surface area (Å²) in [5.74, 6) is 0.698. The minimum Gasteiger partial charge on any atom is -0.478 e. The van der Waals surface area contributed by atoms with Crippen LogP contribution >= 0.6 is 0 Å². The van der Waals surface area contributed by atoms with Gasteiger partial charge in [0.1, 0.15) is 11.6 Å². The van der Waals surface area contributed by atoms with Gasteiger partial charge in [-0.25, -0.2) is 14.5 Å². The molecule has 0 radical (unpaired) electrons. The Hall–Kier alpha value is -2.43. The van der Waals surface area contributed by atoms with Gasteiger partial charge in [0, 0.05) is 6.08 Å². The molecule has 0 bridgehead atoms. The summed E-state index contributed by atoms with van der Waals surface area (Å²) in [7, 11) is 0. The molecule has 5 nitrogen and oxygen atoms in total. The third-order valence-corrected chi connectivity index (χ3v) is 2.69. The van der Waals surface area contributed by atoms with E-state index in [1.807, 2.05) is 42.8 Å². The lowest BCUT2D eigenvalue weighted by molar-refractivity contribution is -0.131. The molecular formula is C14H15N3O2. The van der Waals surface area contributed by atoms with Crippen molar-refractivity contribution in [3.8, 4) is 0 Å². The van der Waals surface area contributed by atoms with Crippen LogP contribution in [0.4, 0.5) is 0 Å². The maximum Gasteiger partial charge on any atom is 0.328 e. The number of rotatable bonds is 4. The molecule has 0 aliphatic heterocycles. The van der Waals surface area contributed by atoms with Gasteiger partial charge >= 0.3 is 5.97 Å². The molecule has 1 aromatic carbocycles. The summed E-state index contributed by atoms with van der Waals surface area (Å²) in [4.78, 5) is 14.7. The number of benzene rings is 1. The van der Waals surface area contributed by atoms with Crippen molar-refractivity contribution in [2.24, 2.45) is 0 Å². The zero-order valence-corrected chi connectivity index (χ0v) is 10.9. The highest BCUT2D eigenvalue weighted by atomic mass is 16.4.